The summed E-state index contributed by atoms with van der Waals surface area (Å²) < 4.78 is 6.41. The Morgan fingerprint density at radius 1 is 0.308 bits per heavy atom. The van der Waals surface area contributed by atoms with Crippen molar-refractivity contribution in [1.82, 2.24) is 0 Å². The lowest BCUT2D eigenvalue weighted by Gasteiger charge is -2.34. The first-order valence-electron chi connectivity index (χ1n) is 22.4. The van der Waals surface area contributed by atoms with Crippen LogP contribution in [0.15, 0.2) is 253 Å². The van der Waals surface area contributed by atoms with Gasteiger partial charge in [-0.05, 0) is 132 Å². The Morgan fingerprint density at radius 2 is 0.738 bits per heavy atom. The van der Waals surface area contributed by atoms with E-state index in [1.165, 1.54) is 82.4 Å². The third-order valence-corrected chi connectivity index (χ3v) is 13.7. The summed E-state index contributed by atoms with van der Waals surface area (Å²) >= 11 is 0. The van der Waals surface area contributed by atoms with E-state index in [0.717, 1.165) is 33.8 Å². The molecule has 0 radical (unpaired) electrons. The number of nitrogens with zero attached hydrogens (tertiary/aromatic N) is 1. The first kappa shape index (κ1) is 37.1. The summed E-state index contributed by atoms with van der Waals surface area (Å²) in [6, 6.07) is 90.7. The van der Waals surface area contributed by atoms with E-state index in [1.807, 2.05) is 0 Å². The maximum absolute atomic E-state index is 6.41. The van der Waals surface area contributed by atoms with Crippen LogP contribution in [0.2, 0.25) is 0 Å². The van der Waals surface area contributed by atoms with Crippen molar-refractivity contribution in [3.8, 4) is 33.4 Å². The molecule has 1 aromatic heterocycles. The van der Waals surface area contributed by atoms with Gasteiger partial charge in [-0.2, -0.15) is 0 Å². The van der Waals surface area contributed by atoms with Crippen molar-refractivity contribution >= 4 is 60.5 Å². The first-order valence-corrected chi connectivity index (χ1v) is 22.4. The van der Waals surface area contributed by atoms with Crippen molar-refractivity contribution in [3.63, 3.8) is 0 Å². The Hall–Kier alpha value is -8.46. The van der Waals surface area contributed by atoms with E-state index in [0.29, 0.717) is 0 Å². The molecule has 13 rings (SSSR count). The summed E-state index contributed by atoms with van der Waals surface area (Å²) in [5, 5.41) is 7.43. The molecule has 11 aromatic carbocycles. The molecule has 1 aliphatic carbocycles. The number of furan rings is 1. The van der Waals surface area contributed by atoms with E-state index in [-0.39, 0.29) is 0 Å². The van der Waals surface area contributed by atoms with Crippen molar-refractivity contribution < 1.29 is 4.42 Å². The molecule has 12 aromatic rings. The lowest BCUT2D eigenvalue weighted by atomic mass is 9.67. The minimum absolute atomic E-state index is 0.495. The van der Waals surface area contributed by atoms with Gasteiger partial charge < -0.3 is 9.32 Å². The zero-order valence-corrected chi connectivity index (χ0v) is 35.5. The van der Waals surface area contributed by atoms with Crippen molar-refractivity contribution in [2.24, 2.45) is 0 Å². The van der Waals surface area contributed by atoms with Crippen LogP contribution >= 0.6 is 0 Å². The van der Waals surface area contributed by atoms with Crippen LogP contribution in [0.1, 0.15) is 22.3 Å². The van der Waals surface area contributed by atoms with Crippen LogP contribution in [0.3, 0.4) is 0 Å². The molecule has 0 unspecified atom stereocenters. The van der Waals surface area contributed by atoms with Crippen molar-refractivity contribution in [1.29, 1.82) is 0 Å². The van der Waals surface area contributed by atoms with Gasteiger partial charge in [-0.3, -0.25) is 0 Å². The van der Waals surface area contributed by atoms with Crippen molar-refractivity contribution in [3.05, 3.63) is 271 Å². The monoisotopic (exact) mass is 827 g/mol. The van der Waals surface area contributed by atoms with E-state index < -0.39 is 5.41 Å². The molecule has 0 N–H and O–H groups in total. The Labute approximate surface area is 377 Å². The van der Waals surface area contributed by atoms with Gasteiger partial charge in [-0.15, -0.1) is 0 Å². The summed E-state index contributed by atoms with van der Waals surface area (Å²) in [5.74, 6) is 0. The Bertz CT molecular complexity index is 3560. The normalized spacial score (nSPS) is 12.7. The van der Waals surface area contributed by atoms with Crippen LogP contribution in [0.4, 0.5) is 17.1 Å². The number of hydrogen-bond acceptors (Lipinski definition) is 2. The zero-order valence-electron chi connectivity index (χ0n) is 35.5. The molecule has 304 valence electrons. The average Bonchev–Trinajstić information content (AvgIpc) is 3.93. The standard InChI is InChI=1S/C63H41NO/c1-2-18-48(19-3-1)63(57-25-11-27-59-61(57)62-58(63)26-12-28-60(62)65-59)49-20-8-17-47(41-49)42-29-35-50(36-30-42)64(51-37-31-45(32-38-51)55-23-9-15-43-13-4-6-21-53(43)55)52-39-33-46(34-40-52)56-24-10-16-44-14-5-7-22-54(44)56/h1-41H. The predicted octanol–water partition coefficient (Wildman–Crippen LogP) is 17.1. The Morgan fingerprint density at radius 3 is 1.28 bits per heavy atom. The van der Waals surface area contributed by atoms with E-state index in [4.69, 9.17) is 4.42 Å². The number of hydrogen-bond donors (Lipinski definition) is 0. The van der Waals surface area contributed by atoms with Gasteiger partial charge in [0.25, 0.3) is 0 Å². The largest absolute Gasteiger partial charge is 0.456 e. The van der Waals surface area contributed by atoms with E-state index >= 15 is 0 Å². The highest BCUT2D eigenvalue weighted by atomic mass is 16.3. The van der Waals surface area contributed by atoms with Gasteiger partial charge in [-0.25, -0.2) is 0 Å². The summed E-state index contributed by atoms with van der Waals surface area (Å²) in [4.78, 5) is 2.37. The van der Waals surface area contributed by atoms with Crippen LogP contribution in [0, 0.1) is 0 Å². The van der Waals surface area contributed by atoms with Gasteiger partial charge in [0.05, 0.1) is 5.41 Å². The number of fused-ring (bicyclic) bond motifs is 2. The van der Waals surface area contributed by atoms with Gasteiger partial charge in [0.15, 0.2) is 0 Å². The number of benzene rings is 11. The highest BCUT2D eigenvalue weighted by molar-refractivity contribution is 6.14. The molecular weight excluding hydrogens is 787 g/mol. The summed E-state index contributed by atoms with van der Waals surface area (Å²) in [5.41, 5.74) is 16.8. The lowest BCUT2D eigenvalue weighted by Crippen LogP contribution is -2.28. The molecule has 1 aliphatic rings. The molecule has 65 heavy (non-hydrogen) atoms. The quantitative estimate of drug-likeness (QED) is 0.152. The number of rotatable bonds is 8. The second-order valence-corrected chi connectivity index (χ2v) is 17.2. The van der Waals surface area contributed by atoms with Crippen molar-refractivity contribution in [2.75, 3.05) is 4.90 Å². The Balaban J connectivity index is 0.910. The number of anilines is 3. The van der Waals surface area contributed by atoms with E-state index in [9.17, 15) is 0 Å². The van der Waals surface area contributed by atoms with Crippen LogP contribution < -0.4 is 4.90 Å². The van der Waals surface area contributed by atoms with Crippen LogP contribution in [-0.2, 0) is 5.41 Å². The highest BCUT2D eigenvalue weighted by Crippen LogP contribution is 2.57. The predicted molar refractivity (Wildman–Crippen MR) is 272 cm³/mol. The van der Waals surface area contributed by atoms with Crippen LogP contribution in [-0.4, -0.2) is 0 Å². The lowest BCUT2D eigenvalue weighted by molar-refractivity contribution is 0.663. The molecule has 0 saturated carbocycles. The second-order valence-electron chi connectivity index (χ2n) is 17.2. The fraction of sp³-hybridized carbons (Fsp3) is 0.0159. The molecular formula is C63H41NO. The van der Waals surface area contributed by atoms with Gasteiger partial charge in [0.1, 0.15) is 11.2 Å². The van der Waals surface area contributed by atoms with Gasteiger partial charge >= 0.3 is 0 Å². The maximum atomic E-state index is 6.41. The molecule has 0 atom stereocenters. The van der Waals surface area contributed by atoms with E-state index in [1.54, 1.807) is 0 Å². The van der Waals surface area contributed by atoms with Gasteiger partial charge in [0, 0.05) is 27.8 Å². The summed E-state index contributed by atoms with van der Waals surface area (Å²) in [7, 11) is 0. The summed E-state index contributed by atoms with van der Waals surface area (Å²) in [6.07, 6.45) is 0. The fourth-order valence-corrected chi connectivity index (χ4v) is 10.8. The highest BCUT2D eigenvalue weighted by Gasteiger charge is 2.46. The third-order valence-electron chi connectivity index (χ3n) is 13.7. The average molecular weight is 828 g/mol. The molecule has 0 amide bonds. The maximum Gasteiger partial charge on any atom is 0.135 e. The molecule has 0 aliphatic heterocycles. The molecule has 0 bridgehead atoms. The molecule has 1 heterocycles. The fourth-order valence-electron chi connectivity index (χ4n) is 10.8. The third kappa shape index (κ3) is 5.81. The minimum Gasteiger partial charge on any atom is -0.456 e. The van der Waals surface area contributed by atoms with Crippen LogP contribution in [0.5, 0.6) is 0 Å². The first-order chi connectivity index (χ1) is 32.2. The topological polar surface area (TPSA) is 16.4 Å². The van der Waals surface area contributed by atoms with Gasteiger partial charge in [0.2, 0.25) is 0 Å². The van der Waals surface area contributed by atoms with Crippen LogP contribution in [0.25, 0.3) is 76.9 Å². The zero-order chi connectivity index (χ0) is 42.9. The molecule has 2 nitrogen and oxygen atoms in total. The molecule has 0 spiro atoms. The second kappa shape index (κ2) is 14.8. The van der Waals surface area contributed by atoms with Gasteiger partial charge in [-0.1, -0.05) is 194 Å². The van der Waals surface area contributed by atoms with Crippen molar-refractivity contribution in [2.45, 2.75) is 5.41 Å². The molecule has 2 heteroatoms. The molecule has 0 fully saturated rings. The molecule has 0 saturated heterocycles. The SMILES string of the molecule is c1ccc(C2(c3cccc(-c4ccc(N(c5ccc(-c6cccc7ccccc67)cc5)c5ccc(-c6cccc7ccccc67)cc5)cc4)c3)c3cccc4oc5cccc2c5c34)cc1. The van der Waals surface area contributed by atoms with E-state index in [2.05, 4.69) is 254 Å². The summed E-state index contributed by atoms with van der Waals surface area (Å²) in [6.45, 7) is 0. The minimum atomic E-state index is -0.495. The smallest absolute Gasteiger partial charge is 0.135 e. The Kier molecular flexibility index (Phi) is 8.47.